The number of phenolic OH excluding ortho intramolecular Hbond substituents is 1. The summed E-state index contributed by atoms with van der Waals surface area (Å²) in [4.78, 5) is 0.0150. The predicted molar refractivity (Wildman–Crippen MR) is 68.8 cm³/mol. The molecule has 6 nitrogen and oxygen atoms in total. The Balaban J connectivity index is 2.83. The van der Waals surface area contributed by atoms with Crippen molar-refractivity contribution in [3.05, 3.63) is 18.2 Å². The van der Waals surface area contributed by atoms with E-state index in [1.807, 2.05) is 6.92 Å². The van der Waals surface area contributed by atoms with Gasteiger partial charge in [-0.05, 0) is 32.0 Å². The van der Waals surface area contributed by atoms with Gasteiger partial charge in [0, 0.05) is 12.6 Å². The monoisotopic (exact) mass is 274 g/mol. The minimum Gasteiger partial charge on any atom is -0.506 e. The molecule has 0 amide bonds. The summed E-state index contributed by atoms with van der Waals surface area (Å²) in [6, 6.07) is 3.41. The van der Waals surface area contributed by atoms with Crippen molar-refractivity contribution >= 4 is 15.7 Å². The molecule has 0 saturated heterocycles. The molecule has 0 radical (unpaired) electrons. The van der Waals surface area contributed by atoms with Crippen LogP contribution in [0.15, 0.2) is 23.1 Å². The van der Waals surface area contributed by atoms with E-state index in [2.05, 4.69) is 4.72 Å². The number of rotatable bonds is 6. The number of ether oxygens (including phenoxy) is 1. The number of aromatic hydroxyl groups is 1. The molecule has 0 aliphatic carbocycles. The summed E-state index contributed by atoms with van der Waals surface area (Å²) < 4.78 is 31.5. The fourth-order valence-electron chi connectivity index (χ4n) is 1.36. The third-order valence-corrected chi connectivity index (χ3v) is 3.82. The first-order chi connectivity index (χ1) is 8.36. The second kappa shape index (κ2) is 6.03. The van der Waals surface area contributed by atoms with Gasteiger partial charge >= 0.3 is 0 Å². The molecule has 0 aliphatic rings. The standard InChI is InChI=1S/C11H18N2O4S/c1-3-17-7-8(2)13-18(15,16)9-4-5-11(14)10(12)6-9/h4-6,8,13-14H,3,7,12H2,1-2H3. The number of hydrogen-bond acceptors (Lipinski definition) is 5. The molecular formula is C11H18N2O4S. The number of anilines is 1. The molecule has 1 rings (SSSR count). The number of sulfonamides is 1. The van der Waals surface area contributed by atoms with Crippen LogP contribution in [0.2, 0.25) is 0 Å². The van der Waals surface area contributed by atoms with Crippen LogP contribution in [0, 0.1) is 0 Å². The van der Waals surface area contributed by atoms with E-state index in [-0.39, 0.29) is 22.4 Å². The van der Waals surface area contributed by atoms with Crippen LogP contribution in [0.1, 0.15) is 13.8 Å². The van der Waals surface area contributed by atoms with Crippen molar-refractivity contribution in [1.29, 1.82) is 0 Å². The van der Waals surface area contributed by atoms with Crippen molar-refractivity contribution < 1.29 is 18.3 Å². The Kier molecular flexibility index (Phi) is 4.94. The molecule has 0 aromatic heterocycles. The number of nitrogens with two attached hydrogens (primary N) is 1. The zero-order valence-corrected chi connectivity index (χ0v) is 11.2. The van der Waals surface area contributed by atoms with Gasteiger partial charge in [0.2, 0.25) is 10.0 Å². The van der Waals surface area contributed by atoms with Crippen LogP contribution in [0.5, 0.6) is 5.75 Å². The quantitative estimate of drug-likeness (QED) is 0.523. The highest BCUT2D eigenvalue weighted by atomic mass is 32.2. The number of phenols is 1. The fourth-order valence-corrected chi connectivity index (χ4v) is 2.62. The fraction of sp³-hybridized carbons (Fsp3) is 0.455. The first kappa shape index (κ1) is 14.7. The van der Waals surface area contributed by atoms with Crippen molar-refractivity contribution in [2.75, 3.05) is 18.9 Å². The first-order valence-electron chi connectivity index (χ1n) is 5.55. The number of hydrogen-bond donors (Lipinski definition) is 3. The molecule has 0 saturated carbocycles. The van der Waals surface area contributed by atoms with Crippen molar-refractivity contribution in [3.63, 3.8) is 0 Å². The Morgan fingerprint density at radius 1 is 1.50 bits per heavy atom. The number of nitrogens with one attached hydrogen (secondary N) is 1. The lowest BCUT2D eigenvalue weighted by Gasteiger charge is -2.14. The van der Waals surface area contributed by atoms with E-state index in [0.29, 0.717) is 13.2 Å². The van der Waals surface area contributed by atoms with Crippen LogP contribution in [0.25, 0.3) is 0 Å². The molecular weight excluding hydrogens is 256 g/mol. The van der Waals surface area contributed by atoms with E-state index < -0.39 is 10.0 Å². The largest absolute Gasteiger partial charge is 0.506 e. The zero-order chi connectivity index (χ0) is 13.8. The van der Waals surface area contributed by atoms with Crippen molar-refractivity contribution in [3.8, 4) is 5.75 Å². The van der Waals surface area contributed by atoms with E-state index in [1.54, 1.807) is 6.92 Å². The smallest absolute Gasteiger partial charge is 0.240 e. The van der Waals surface area contributed by atoms with Gasteiger partial charge in [-0.3, -0.25) is 0 Å². The van der Waals surface area contributed by atoms with E-state index in [0.717, 1.165) is 0 Å². The molecule has 1 unspecified atom stereocenters. The Morgan fingerprint density at radius 3 is 2.72 bits per heavy atom. The van der Waals surface area contributed by atoms with Crippen LogP contribution < -0.4 is 10.5 Å². The lowest BCUT2D eigenvalue weighted by Crippen LogP contribution is -2.35. The summed E-state index contributed by atoms with van der Waals surface area (Å²) in [6.07, 6.45) is 0. The SMILES string of the molecule is CCOCC(C)NS(=O)(=O)c1ccc(O)c(N)c1. The molecule has 0 heterocycles. The van der Waals surface area contributed by atoms with Gasteiger partial charge in [0.1, 0.15) is 5.75 Å². The highest BCUT2D eigenvalue weighted by Crippen LogP contribution is 2.23. The van der Waals surface area contributed by atoms with Gasteiger partial charge in [-0.1, -0.05) is 0 Å². The molecule has 18 heavy (non-hydrogen) atoms. The summed E-state index contributed by atoms with van der Waals surface area (Å²) in [7, 11) is -3.65. The lowest BCUT2D eigenvalue weighted by molar-refractivity contribution is 0.133. The molecule has 0 aliphatic heterocycles. The van der Waals surface area contributed by atoms with E-state index in [1.165, 1.54) is 18.2 Å². The van der Waals surface area contributed by atoms with Gasteiger partial charge in [-0.15, -0.1) is 0 Å². The molecule has 4 N–H and O–H groups in total. The highest BCUT2D eigenvalue weighted by molar-refractivity contribution is 7.89. The molecule has 0 spiro atoms. The lowest BCUT2D eigenvalue weighted by atomic mass is 10.3. The van der Waals surface area contributed by atoms with Crippen LogP contribution in [-0.2, 0) is 14.8 Å². The third-order valence-electron chi connectivity index (χ3n) is 2.24. The second-order valence-electron chi connectivity index (χ2n) is 3.90. The average molecular weight is 274 g/mol. The average Bonchev–Trinajstić information content (AvgIpc) is 2.29. The Hall–Kier alpha value is -1.31. The van der Waals surface area contributed by atoms with Crippen molar-refractivity contribution in [1.82, 2.24) is 4.72 Å². The second-order valence-corrected chi connectivity index (χ2v) is 5.62. The molecule has 0 fully saturated rings. The summed E-state index contributed by atoms with van der Waals surface area (Å²) in [6.45, 7) is 4.36. The highest BCUT2D eigenvalue weighted by Gasteiger charge is 2.18. The molecule has 1 aromatic rings. The van der Waals surface area contributed by atoms with E-state index in [9.17, 15) is 13.5 Å². The van der Waals surface area contributed by atoms with Crippen molar-refractivity contribution in [2.45, 2.75) is 24.8 Å². The molecule has 7 heteroatoms. The normalized spacial score (nSPS) is 13.4. The molecule has 0 bridgehead atoms. The van der Waals surface area contributed by atoms with Crippen LogP contribution in [0.3, 0.4) is 0 Å². The minimum absolute atomic E-state index is 0.0150. The maximum Gasteiger partial charge on any atom is 0.240 e. The van der Waals surface area contributed by atoms with Gasteiger partial charge in [-0.2, -0.15) is 0 Å². The van der Waals surface area contributed by atoms with Gasteiger partial charge in [0.25, 0.3) is 0 Å². The Labute approximate surface area is 107 Å². The maximum atomic E-state index is 12.0. The molecule has 1 aromatic carbocycles. The zero-order valence-electron chi connectivity index (χ0n) is 10.4. The van der Waals surface area contributed by atoms with Crippen LogP contribution >= 0.6 is 0 Å². The molecule has 1 atom stereocenters. The summed E-state index contributed by atoms with van der Waals surface area (Å²) in [5.74, 6) is -0.142. The van der Waals surface area contributed by atoms with Crippen molar-refractivity contribution in [2.24, 2.45) is 0 Å². The summed E-state index contributed by atoms with van der Waals surface area (Å²) >= 11 is 0. The topological polar surface area (TPSA) is 102 Å². The number of nitrogen functional groups attached to an aromatic ring is 1. The summed E-state index contributed by atoms with van der Waals surface area (Å²) in [5, 5.41) is 9.25. The predicted octanol–water partition coefficient (Wildman–Crippen LogP) is 0.678. The van der Waals surface area contributed by atoms with Gasteiger partial charge in [-0.25, -0.2) is 13.1 Å². The van der Waals surface area contributed by atoms with E-state index >= 15 is 0 Å². The third kappa shape index (κ3) is 3.86. The van der Waals surface area contributed by atoms with E-state index in [4.69, 9.17) is 10.5 Å². The van der Waals surface area contributed by atoms with Crippen LogP contribution in [-0.4, -0.2) is 32.8 Å². The van der Waals surface area contributed by atoms with Crippen LogP contribution in [0.4, 0.5) is 5.69 Å². The van der Waals surface area contributed by atoms with Gasteiger partial charge in [0.05, 0.1) is 17.2 Å². The molecule has 102 valence electrons. The summed E-state index contributed by atoms with van der Waals surface area (Å²) in [5.41, 5.74) is 5.48. The first-order valence-corrected chi connectivity index (χ1v) is 7.03. The van der Waals surface area contributed by atoms with Gasteiger partial charge in [0.15, 0.2) is 0 Å². The Morgan fingerprint density at radius 2 is 2.17 bits per heavy atom. The maximum absolute atomic E-state index is 12.0. The number of benzene rings is 1. The Bertz CT molecular complexity index is 502. The minimum atomic E-state index is -3.65. The van der Waals surface area contributed by atoms with Gasteiger partial charge < -0.3 is 15.6 Å².